The summed E-state index contributed by atoms with van der Waals surface area (Å²) in [7, 11) is 0. The van der Waals surface area contributed by atoms with E-state index in [1.807, 2.05) is 24.3 Å². The van der Waals surface area contributed by atoms with Crippen molar-refractivity contribution in [2.45, 2.75) is 39.2 Å². The number of carbonyl (C=O) groups is 2. The number of furan rings is 1. The second kappa shape index (κ2) is 11.4. The molecule has 40 heavy (non-hydrogen) atoms. The fourth-order valence-corrected chi connectivity index (χ4v) is 4.77. The molecule has 0 saturated heterocycles. The number of halogens is 3. The van der Waals surface area contributed by atoms with Crippen molar-refractivity contribution in [2.24, 2.45) is 0 Å². The van der Waals surface area contributed by atoms with Crippen LogP contribution in [0, 0.1) is 0 Å². The van der Waals surface area contributed by atoms with Crippen LogP contribution in [0.2, 0.25) is 0 Å². The van der Waals surface area contributed by atoms with Crippen LogP contribution in [0.4, 0.5) is 18.9 Å². The molecule has 0 fully saturated rings. The highest BCUT2D eigenvalue weighted by atomic mass is 19.4. The highest BCUT2D eigenvalue weighted by Gasteiger charge is 2.30. The molecule has 0 spiro atoms. The summed E-state index contributed by atoms with van der Waals surface area (Å²) in [5.41, 5.74) is 3.66. The second-order valence-electron chi connectivity index (χ2n) is 9.67. The number of ether oxygens (including phenoxy) is 1. The molecule has 0 radical (unpaired) electrons. The van der Waals surface area contributed by atoms with Gasteiger partial charge in [-0.3, -0.25) is 14.5 Å². The summed E-state index contributed by atoms with van der Waals surface area (Å²) in [6.07, 6.45) is -3.63. The van der Waals surface area contributed by atoms with E-state index in [4.69, 9.17) is 9.15 Å². The molecule has 3 aromatic carbocycles. The molecule has 0 bridgehead atoms. The number of carbonyl (C=O) groups excluding carboxylic acids is 2. The quantitative estimate of drug-likeness (QED) is 0.256. The Hall–Kier alpha value is -4.37. The minimum absolute atomic E-state index is 0.113. The number of benzene rings is 3. The number of amides is 1. The first-order chi connectivity index (χ1) is 19.2. The Labute approximate surface area is 229 Å². The largest absolute Gasteiger partial charge is 0.461 e. The Morgan fingerprint density at radius 2 is 1.70 bits per heavy atom. The summed E-state index contributed by atoms with van der Waals surface area (Å²) in [6.45, 7) is 3.62. The smallest absolute Gasteiger partial charge is 0.416 e. The maximum Gasteiger partial charge on any atom is 0.416 e. The minimum atomic E-state index is -4.42. The zero-order valence-electron chi connectivity index (χ0n) is 21.8. The molecule has 4 aromatic rings. The van der Waals surface area contributed by atoms with Crippen molar-refractivity contribution in [2.75, 3.05) is 11.9 Å². The molecule has 1 aliphatic heterocycles. The molecule has 0 unspecified atom stereocenters. The van der Waals surface area contributed by atoms with Crippen LogP contribution in [0.5, 0.6) is 0 Å². The molecule has 1 aromatic heterocycles. The van der Waals surface area contributed by atoms with Gasteiger partial charge in [0, 0.05) is 31.3 Å². The van der Waals surface area contributed by atoms with E-state index >= 15 is 0 Å². The summed E-state index contributed by atoms with van der Waals surface area (Å²) >= 11 is 0. The van der Waals surface area contributed by atoms with Crippen LogP contribution < -0.4 is 5.32 Å². The van der Waals surface area contributed by atoms with E-state index in [-0.39, 0.29) is 18.5 Å². The Bertz CT molecular complexity index is 1530. The number of rotatable bonds is 7. The number of nitrogens with one attached hydrogen (secondary N) is 1. The van der Waals surface area contributed by atoms with Crippen LogP contribution >= 0.6 is 0 Å². The SMILES string of the molecule is CC(=O)OCc1ccc(CN2CCc3cc(NC(=O)c4ccccc4-c4ccc(C(F)(F)F)cc4)ccc3C2)o1. The number of alkyl halides is 3. The predicted octanol–water partition coefficient (Wildman–Crippen LogP) is 6.84. The van der Waals surface area contributed by atoms with E-state index < -0.39 is 11.7 Å². The predicted molar refractivity (Wildman–Crippen MR) is 143 cm³/mol. The lowest BCUT2D eigenvalue weighted by Crippen LogP contribution is -2.30. The number of anilines is 1. The van der Waals surface area contributed by atoms with Crippen LogP contribution in [0.3, 0.4) is 0 Å². The average Bonchev–Trinajstić information content (AvgIpc) is 3.38. The number of esters is 1. The van der Waals surface area contributed by atoms with Crippen molar-refractivity contribution >= 4 is 17.6 Å². The fraction of sp³-hybridized carbons (Fsp3) is 0.226. The van der Waals surface area contributed by atoms with Gasteiger partial charge in [-0.25, -0.2) is 0 Å². The van der Waals surface area contributed by atoms with Crippen LogP contribution in [-0.4, -0.2) is 23.3 Å². The molecule has 5 rings (SSSR count). The van der Waals surface area contributed by atoms with Gasteiger partial charge >= 0.3 is 12.1 Å². The third kappa shape index (κ3) is 6.43. The van der Waals surface area contributed by atoms with Gasteiger partial charge in [0.25, 0.3) is 5.91 Å². The zero-order chi connectivity index (χ0) is 28.3. The molecule has 6 nitrogen and oxygen atoms in total. The van der Waals surface area contributed by atoms with Crippen molar-refractivity contribution in [3.8, 4) is 11.1 Å². The Kier molecular flexibility index (Phi) is 7.75. The van der Waals surface area contributed by atoms with Gasteiger partial charge < -0.3 is 14.5 Å². The van der Waals surface area contributed by atoms with Gasteiger partial charge in [-0.1, -0.05) is 36.4 Å². The zero-order valence-corrected chi connectivity index (χ0v) is 21.8. The standard InChI is InChI=1S/C31H27F3N2O4/c1-20(37)39-19-27-13-12-26(40-27)18-36-15-14-22-16-25(11-8-23(22)17-36)35-30(38)29-5-3-2-4-28(29)21-6-9-24(10-7-21)31(32,33)34/h2-13,16H,14-15,17-19H2,1H3,(H,35,38). The van der Waals surface area contributed by atoms with Crippen LogP contribution in [-0.2, 0) is 41.8 Å². The van der Waals surface area contributed by atoms with Crippen LogP contribution in [0.1, 0.15) is 45.5 Å². The molecule has 1 amide bonds. The fourth-order valence-electron chi connectivity index (χ4n) is 4.77. The van der Waals surface area contributed by atoms with Crippen LogP contribution in [0.25, 0.3) is 11.1 Å². The Morgan fingerprint density at radius 1 is 0.950 bits per heavy atom. The van der Waals surface area contributed by atoms with Crippen molar-refractivity contribution in [1.82, 2.24) is 4.90 Å². The lowest BCUT2D eigenvalue weighted by Gasteiger charge is -2.28. The normalized spacial score (nSPS) is 13.5. The van der Waals surface area contributed by atoms with E-state index in [1.165, 1.54) is 19.1 Å². The molecule has 2 heterocycles. The molecule has 1 aliphatic rings. The highest BCUT2D eigenvalue weighted by molar-refractivity contribution is 6.08. The summed E-state index contributed by atoms with van der Waals surface area (Å²) in [6, 6.07) is 21.1. The topological polar surface area (TPSA) is 71.8 Å². The third-order valence-electron chi connectivity index (χ3n) is 6.76. The summed E-state index contributed by atoms with van der Waals surface area (Å²) in [5, 5.41) is 2.94. The van der Waals surface area contributed by atoms with Crippen molar-refractivity contribution in [3.63, 3.8) is 0 Å². The molecular weight excluding hydrogens is 521 g/mol. The van der Waals surface area contributed by atoms with E-state index in [1.54, 1.807) is 30.3 Å². The van der Waals surface area contributed by atoms with Gasteiger partial charge in [0.05, 0.1) is 12.1 Å². The van der Waals surface area contributed by atoms with Gasteiger partial charge in [-0.05, 0) is 71.1 Å². The molecule has 0 saturated carbocycles. The molecule has 0 aliphatic carbocycles. The lowest BCUT2D eigenvalue weighted by atomic mass is 9.97. The molecular formula is C31H27F3N2O4. The first-order valence-electron chi connectivity index (χ1n) is 12.8. The lowest BCUT2D eigenvalue weighted by molar-refractivity contribution is -0.142. The maximum atomic E-state index is 13.2. The first kappa shape index (κ1) is 27.2. The van der Waals surface area contributed by atoms with Crippen molar-refractivity contribution < 1.29 is 31.9 Å². The van der Waals surface area contributed by atoms with Crippen molar-refractivity contribution in [3.05, 3.63) is 113 Å². The van der Waals surface area contributed by atoms with Gasteiger partial charge in [-0.15, -0.1) is 0 Å². The number of hydrogen-bond acceptors (Lipinski definition) is 5. The van der Waals surface area contributed by atoms with E-state index in [2.05, 4.69) is 10.2 Å². The molecule has 0 atom stereocenters. The summed E-state index contributed by atoms with van der Waals surface area (Å²) in [5.74, 6) is 0.698. The minimum Gasteiger partial charge on any atom is -0.461 e. The van der Waals surface area contributed by atoms with Crippen molar-refractivity contribution in [1.29, 1.82) is 0 Å². The highest BCUT2D eigenvalue weighted by Crippen LogP contribution is 2.32. The van der Waals surface area contributed by atoms with Crippen LogP contribution in [0.15, 0.2) is 83.3 Å². The summed E-state index contributed by atoms with van der Waals surface area (Å²) < 4.78 is 49.7. The molecule has 1 N–H and O–H groups in total. The van der Waals surface area contributed by atoms with E-state index in [0.717, 1.165) is 48.5 Å². The maximum absolute atomic E-state index is 13.2. The molecule has 9 heteroatoms. The van der Waals surface area contributed by atoms with E-state index in [0.29, 0.717) is 34.7 Å². The first-order valence-corrected chi connectivity index (χ1v) is 12.8. The Balaban J connectivity index is 1.24. The third-order valence-corrected chi connectivity index (χ3v) is 6.76. The molecule has 206 valence electrons. The van der Waals surface area contributed by atoms with Gasteiger partial charge in [0.2, 0.25) is 0 Å². The summed E-state index contributed by atoms with van der Waals surface area (Å²) in [4.78, 5) is 26.5. The monoisotopic (exact) mass is 548 g/mol. The van der Waals surface area contributed by atoms with E-state index in [9.17, 15) is 22.8 Å². The number of fused-ring (bicyclic) bond motifs is 1. The van der Waals surface area contributed by atoms with Gasteiger partial charge in [0.15, 0.2) is 0 Å². The average molecular weight is 549 g/mol. The van der Waals surface area contributed by atoms with Gasteiger partial charge in [-0.2, -0.15) is 13.2 Å². The second-order valence-corrected chi connectivity index (χ2v) is 9.67. The number of hydrogen-bond donors (Lipinski definition) is 1. The Morgan fingerprint density at radius 3 is 2.45 bits per heavy atom. The number of nitrogens with zero attached hydrogens (tertiary/aromatic N) is 1. The van der Waals surface area contributed by atoms with Gasteiger partial charge in [0.1, 0.15) is 18.1 Å².